The minimum absolute atomic E-state index is 0.0766. The predicted octanol–water partition coefficient (Wildman–Crippen LogP) is 2.66. The van der Waals surface area contributed by atoms with Crippen molar-refractivity contribution in [2.75, 3.05) is 26.8 Å². The third-order valence-corrected chi connectivity index (χ3v) is 5.95. The fourth-order valence-corrected chi connectivity index (χ4v) is 4.30. The largest absolute Gasteiger partial charge is 0.385 e. The number of hydrogen-bond donors (Lipinski definition) is 0. The molecule has 0 aliphatic carbocycles. The Labute approximate surface area is 151 Å². The summed E-state index contributed by atoms with van der Waals surface area (Å²) < 4.78 is 10.5. The zero-order chi connectivity index (χ0) is 18.0. The van der Waals surface area contributed by atoms with E-state index in [4.69, 9.17) is 9.26 Å². The van der Waals surface area contributed by atoms with Gasteiger partial charge in [-0.25, -0.2) is 4.98 Å². The van der Waals surface area contributed by atoms with Gasteiger partial charge in [0.1, 0.15) is 4.88 Å². The SMILES string of the molecule is COCCC1(c2noc(C)n2)CCN(C(=O)c2sc(C)nc2C)CC1. The maximum atomic E-state index is 12.8. The number of aryl methyl sites for hydroxylation is 3. The van der Waals surface area contributed by atoms with Crippen molar-refractivity contribution in [3.05, 3.63) is 27.3 Å². The molecule has 1 aliphatic rings. The van der Waals surface area contributed by atoms with Gasteiger partial charge in [0.2, 0.25) is 5.89 Å². The number of carbonyl (C=O) groups excluding carboxylic acids is 1. The predicted molar refractivity (Wildman–Crippen MR) is 93.9 cm³/mol. The number of ether oxygens (including phenoxy) is 1. The van der Waals surface area contributed by atoms with Gasteiger partial charge in [0.15, 0.2) is 5.82 Å². The van der Waals surface area contributed by atoms with Gasteiger partial charge in [0, 0.05) is 39.1 Å². The van der Waals surface area contributed by atoms with E-state index >= 15 is 0 Å². The second-order valence-electron chi connectivity index (χ2n) is 6.60. The Morgan fingerprint density at radius 3 is 2.52 bits per heavy atom. The molecule has 2 aromatic rings. The summed E-state index contributed by atoms with van der Waals surface area (Å²) in [6.07, 6.45) is 2.43. The maximum Gasteiger partial charge on any atom is 0.265 e. The minimum Gasteiger partial charge on any atom is -0.385 e. The van der Waals surface area contributed by atoms with Crippen molar-refractivity contribution in [3.63, 3.8) is 0 Å². The van der Waals surface area contributed by atoms with Crippen molar-refractivity contribution in [2.45, 2.75) is 45.4 Å². The van der Waals surface area contributed by atoms with Crippen LogP contribution in [0, 0.1) is 20.8 Å². The zero-order valence-electron chi connectivity index (χ0n) is 15.2. The summed E-state index contributed by atoms with van der Waals surface area (Å²) in [6.45, 7) is 7.60. The molecule has 1 saturated heterocycles. The number of aromatic nitrogens is 3. The Kier molecular flexibility index (Phi) is 5.19. The number of thiazole rings is 1. The van der Waals surface area contributed by atoms with Crippen molar-refractivity contribution in [2.24, 2.45) is 0 Å². The van der Waals surface area contributed by atoms with Crippen molar-refractivity contribution < 1.29 is 14.1 Å². The lowest BCUT2D eigenvalue weighted by Gasteiger charge is -2.39. The molecule has 0 radical (unpaired) electrons. The quantitative estimate of drug-likeness (QED) is 0.811. The van der Waals surface area contributed by atoms with E-state index in [9.17, 15) is 4.79 Å². The molecule has 0 spiro atoms. The Morgan fingerprint density at radius 1 is 1.28 bits per heavy atom. The summed E-state index contributed by atoms with van der Waals surface area (Å²) in [5.41, 5.74) is 0.626. The molecule has 0 aromatic carbocycles. The molecule has 1 aliphatic heterocycles. The van der Waals surface area contributed by atoms with Gasteiger partial charge in [-0.05, 0) is 33.1 Å². The molecule has 0 saturated carbocycles. The molecule has 0 unspecified atom stereocenters. The molecule has 136 valence electrons. The lowest BCUT2D eigenvalue weighted by atomic mass is 9.75. The topological polar surface area (TPSA) is 81.4 Å². The summed E-state index contributed by atoms with van der Waals surface area (Å²) in [5.74, 6) is 1.38. The van der Waals surface area contributed by atoms with Gasteiger partial charge in [-0.1, -0.05) is 5.16 Å². The normalized spacial score (nSPS) is 17.0. The van der Waals surface area contributed by atoms with E-state index in [1.807, 2.05) is 18.7 Å². The van der Waals surface area contributed by atoms with E-state index in [-0.39, 0.29) is 11.3 Å². The summed E-state index contributed by atoms with van der Waals surface area (Å²) in [4.78, 5) is 24.3. The van der Waals surface area contributed by atoms with E-state index in [1.165, 1.54) is 11.3 Å². The second-order valence-corrected chi connectivity index (χ2v) is 7.80. The summed E-state index contributed by atoms with van der Waals surface area (Å²) in [7, 11) is 1.70. The Balaban J connectivity index is 1.75. The van der Waals surface area contributed by atoms with Gasteiger partial charge in [-0.3, -0.25) is 4.79 Å². The molecule has 0 bridgehead atoms. The Bertz CT molecular complexity index is 747. The molecular formula is C17H24N4O3S. The molecule has 7 nitrogen and oxygen atoms in total. The molecule has 2 aromatic heterocycles. The fraction of sp³-hybridized carbons (Fsp3) is 0.647. The van der Waals surface area contributed by atoms with Crippen LogP contribution in [0.25, 0.3) is 0 Å². The van der Waals surface area contributed by atoms with Gasteiger partial charge >= 0.3 is 0 Å². The maximum absolute atomic E-state index is 12.8. The van der Waals surface area contributed by atoms with Crippen LogP contribution < -0.4 is 0 Å². The lowest BCUT2D eigenvalue weighted by Crippen LogP contribution is -2.46. The van der Waals surface area contributed by atoms with Crippen LogP contribution in [0.4, 0.5) is 0 Å². The van der Waals surface area contributed by atoms with Crippen molar-refractivity contribution >= 4 is 17.2 Å². The number of nitrogens with zero attached hydrogens (tertiary/aromatic N) is 4. The molecule has 25 heavy (non-hydrogen) atoms. The monoisotopic (exact) mass is 364 g/mol. The van der Waals surface area contributed by atoms with Gasteiger partial charge in [-0.2, -0.15) is 4.98 Å². The highest BCUT2D eigenvalue weighted by Crippen LogP contribution is 2.37. The first-order valence-electron chi connectivity index (χ1n) is 8.48. The number of rotatable bonds is 5. The molecule has 3 rings (SSSR count). The smallest absolute Gasteiger partial charge is 0.265 e. The number of likely N-dealkylation sites (tertiary alicyclic amines) is 1. The lowest BCUT2D eigenvalue weighted by molar-refractivity contribution is 0.0620. The van der Waals surface area contributed by atoms with Gasteiger partial charge in [0.05, 0.1) is 10.7 Å². The number of amides is 1. The van der Waals surface area contributed by atoms with E-state index < -0.39 is 0 Å². The first-order chi connectivity index (χ1) is 11.9. The first-order valence-corrected chi connectivity index (χ1v) is 9.30. The summed E-state index contributed by atoms with van der Waals surface area (Å²) in [5, 5.41) is 5.08. The third kappa shape index (κ3) is 3.59. The van der Waals surface area contributed by atoms with E-state index in [0.29, 0.717) is 25.6 Å². The van der Waals surface area contributed by atoms with Crippen molar-refractivity contribution in [3.8, 4) is 0 Å². The van der Waals surface area contributed by atoms with Crippen LogP contribution >= 0.6 is 11.3 Å². The molecule has 1 amide bonds. The van der Waals surface area contributed by atoms with Crippen LogP contribution in [0.5, 0.6) is 0 Å². The standard InChI is InChI=1S/C17H24N4O3S/c1-11-14(25-13(3)18-11)15(22)21-8-5-17(6-9-21,7-10-23-4)16-19-12(2)24-20-16/h5-10H2,1-4H3. The number of carbonyl (C=O) groups is 1. The van der Waals surface area contributed by atoms with E-state index in [1.54, 1.807) is 14.0 Å². The van der Waals surface area contributed by atoms with Gasteiger partial charge < -0.3 is 14.2 Å². The third-order valence-electron chi connectivity index (χ3n) is 4.89. The van der Waals surface area contributed by atoms with Gasteiger partial charge in [-0.15, -0.1) is 11.3 Å². The van der Waals surface area contributed by atoms with Crippen LogP contribution in [0.2, 0.25) is 0 Å². The summed E-state index contributed by atoms with van der Waals surface area (Å²) >= 11 is 1.47. The highest BCUT2D eigenvalue weighted by atomic mass is 32.1. The molecule has 0 atom stereocenters. The highest BCUT2D eigenvalue weighted by Gasteiger charge is 2.41. The van der Waals surface area contributed by atoms with Crippen LogP contribution in [0.3, 0.4) is 0 Å². The number of methoxy groups -OCH3 is 1. The molecule has 8 heteroatoms. The average Bonchev–Trinajstić information content (AvgIpc) is 3.18. The Morgan fingerprint density at radius 2 is 2.00 bits per heavy atom. The highest BCUT2D eigenvalue weighted by molar-refractivity contribution is 7.13. The number of hydrogen-bond acceptors (Lipinski definition) is 7. The van der Waals surface area contributed by atoms with Crippen LogP contribution in [-0.4, -0.2) is 52.7 Å². The second kappa shape index (κ2) is 7.21. The number of piperidine rings is 1. The average molecular weight is 364 g/mol. The molecule has 0 N–H and O–H groups in total. The van der Waals surface area contributed by atoms with Crippen LogP contribution in [-0.2, 0) is 10.2 Å². The van der Waals surface area contributed by atoms with Crippen molar-refractivity contribution in [1.82, 2.24) is 20.0 Å². The van der Waals surface area contributed by atoms with E-state index in [2.05, 4.69) is 15.1 Å². The minimum atomic E-state index is -0.191. The first kappa shape index (κ1) is 18.0. The van der Waals surface area contributed by atoms with Crippen LogP contribution in [0.15, 0.2) is 4.52 Å². The summed E-state index contributed by atoms with van der Waals surface area (Å²) in [6, 6.07) is 0. The Hall–Kier alpha value is -1.80. The van der Waals surface area contributed by atoms with Gasteiger partial charge in [0.25, 0.3) is 5.91 Å². The molecular weight excluding hydrogens is 340 g/mol. The molecule has 1 fully saturated rings. The van der Waals surface area contributed by atoms with Crippen molar-refractivity contribution in [1.29, 1.82) is 0 Å². The fourth-order valence-electron chi connectivity index (χ4n) is 3.41. The zero-order valence-corrected chi connectivity index (χ0v) is 16.0. The van der Waals surface area contributed by atoms with Crippen LogP contribution in [0.1, 0.15) is 51.4 Å². The van der Waals surface area contributed by atoms with E-state index in [0.717, 1.165) is 40.7 Å². The molecule has 3 heterocycles.